The lowest BCUT2D eigenvalue weighted by Crippen LogP contribution is -2.40. The van der Waals surface area contributed by atoms with Gasteiger partial charge in [-0.05, 0) is 43.7 Å². The van der Waals surface area contributed by atoms with Crippen LogP contribution in [0.3, 0.4) is 0 Å². The molecule has 1 heterocycles. The number of alkyl halides is 2. The zero-order chi connectivity index (χ0) is 14.6. The summed E-state index contributed by atoms with van der Waals surface area (Å²) in [5.74, 6) is -2.05. The Kier molecular flexibility index (Phi) is 5.13. The largest absolute Gasteiger partial charge is 0.314 e. The minimum atomic E-state index is -2.43. The molecule has 1 aliphatic carbocycles. The summed E-state index contributed by atoms with van der Waals surface area (Å²) in [6.07, 6.45) is 7.23. The van der Waals surface area contributed by atoms with Crippen LogP contribution in [0, 0.1) is 5.92 Å². The standard InChI is InChI=1S/C15H25F2N3/c1-3-18-14(5-4-12-10-19-20(2)11-12)13-6-8-15(16,17)9-7-13/h10-11,13-14,18H,3-9H2,1-2H3. The summed E-state index contributed by atoms with van der Waals surface area (Å²) in [6, 6.07) is 0.344. The lowest BCUT2D eigenvalue weighted by atomic mass is 9.80. The van der Waals surface area contributed by atoms with Crippen LogP contribution in [0.1, 0.15) is 44.6 Å². The Morgan fingerprint density at radius 2 is 2.15 bits per heavy atom. The van der Waals surface area contributed by atoms with E-state index in [-0.39, 0.29) is 12.8 Å². The maximum atomic E-state index is 13.2. The van der Waals surface area contributed by atoms with E-state index < -0.39 is 5.92 Å². The fraction of sp³-hybridized carbons (Fsp3) is 0.800. The van der Waals surface area contributed by atoms with E-state index in [2.05, 4.69) is 17.3 Å². The highest BCUT2D eigenvalue weighted by Crippen LogP contribution is 2.38. The molecule has 1 atom stereocenters. The molecule has 1 N–H and O–H groups in total. The van der Waals surface area contributed by atoms with Crippen LogP contribution in [-0.4, -0.2) is 28.3 Å². The summed E-state index contributed by atoms with van der Waals surface area (Å²) in [7, 11) is 1.91. The molecule has 1 aromatic heterocycles. The predicted molar refractivity (Wildman–Crippen MR) is 75.9 cm³/mol. The van der Waals surface area contributed by atoms with Crippen molar-refractivity contribution in [1.29, 1.82) is 0 Å². The van der Waals surface area contributed by atoms with Gasteiger partial charge in [-0.1, -0.05) is 6.92 Å². The van der Waals surface area contributed by atoms with Crippen LogP contribution < -0.4 is 5.32 Å². The second kappa shape index (κ2) is 6.66. The van der Waals surface area contributed by atoms with Crippen molar-refractivity contribution in [3.63, 3.8) is 0 Å². The first-order chi connectivity index (χ1) is 9.50. The van der Waals surface area contributed by atoms with Gasteiger partial charge >= 0.3 is 0 Å². The van der Waals surface area contributed by atoms with Crippen molar-refractivity contribution >= 4 is 0 Å². The topological polar surface area (TPSA) is 29.9 Å². The predicted octanol–water partition coefficient (Wildman–Crippen LogP) is 3.16. The number of halogens is 2. The maximum absolute atomic E-state index is 13.2. The highest BCUT2D eigenvalue weighted by Gasteiger charge is 2.37. The quantitative estimate of drug-likeness (QED) is 0.870. The van der Waals surface area contributed by atoms with Gasteiger partial charge in [0, 0.05) is 32.1 Å². The van der Waals surface area contributed by atoms with Gasteiger partial charge in [-0.25, -0.2) is 8.78 Å². The molecule has 1 aromatic rings. The molecule has 1 fully saturated rings. The molecule has 114 valence electrons. The van der Waals surface area contributed by atoms with E-state index in [4.69, 9.17) is 0 Å². The fourth-order valence-corrected chi connectivity index (χ4v) is 3.15. The minimum Gasteiger partial charge on any atom is -0.314 e. The van der Waals surface area contributed by atoms with Gasteiger partial charge in [0.1, 0.15) is 0 Å². The molecule has 3 nitrogen and oxygen atoms in total. The molecule has 0 saturated heterocycles. The van der Waals surface area contributed by atoms with Gasteiger partial charge < -0.3 is 5.32 Å². The summed E-state index contributed by atoms with van der Waals surface area (Å²) in [4.78, 5) is 0. The van der Waals surface area contributed by atoms with E-state index >= 15 is 0 Å². The smallest absolute Gasteiger partial charge is 0.248 e. The third kappa shape index (κ3) is 4.27. The van der Waals surface area contributed by atoms with Gasteiger partial charge in [-0.3, -0.25) is 4.68 Å². The van der Waals surface area contributed by atoms with Gasteiger partial charge in [-0.15, -0.1) is 0 Å². The van der Waals surface area contributed by atoms with Gasteiger partial charge in [0.15, 0.2) is 0 Å². The number of rotatable bonds is 6. The fourth-order valence-electron chi connectivity index (χ4n) is 3.15. The summed E-state index contributed by atoms with van der Waals surface area (Å²) >= 11 is 0. The van der Waals surface area contributed by atoms with Crippen molar-refractivity contribution < 1.29 is 8.78 Å². The zero-order valence-corrected chi connectivity index (χ0v) is 12.4. The van der Waals surface area contributed by atoms with Crippen LogP contribution in [0.15, 0.2) is 12.4 Å². The molecule has 20 heavy (non-hydrogen) atoms. The molecular weight excluding hydrogens is 260 g/mol. The molecule has 0 amide bonds. The lowest BCUT2D eigenvalue weighted by Gasteiger charge is -2.34. The summed E-state index contributed by atoms with van der Waals surface area (Å²) < 4.78 is 28.3. The number of hydrogen-bond acceptors (Lipinski definition) is 2. The van der Waals surface area contributed by atoms with Crippen molar-refractivity contribution in [2.24, 2.45) is 13.0 Å². The van der Waals surface area contributed by atoms with Crippen LogP contribution >= 0.6 is 0 Å². The normalized spacial score (nSPS) is 21.0. The minimum absolute atomic E-state index is 0.0481. The Morgan fingerprint density at radius 1 is 1.45 bits per heavy atom. The Hall–Kier alpha value is -0.970. The molecule has 1 unspecified atom stereocenters. The van der Waals surface area contributed by atoms with Crippen molar-refractivity contribution in [3.8, 4) is 0 Å². The molecule has 1 saturated carbocycles. The molecule has 0 aliphatic heterocycles. The molecule has 0 radical (unpaired) electrons. The first-order valence-corrected chi connectivity index (χ1v) is 7.59. The monoisotopic (exact) mass is 285 g/mol. The van der Waals surface area contributed by atoms with Crippen LogP contribution in [-0.2, 0) is 13.5 Å². The number of aromatic nitrogens is 2. The molecule has 0 bridgehead atoms. The van der Waals surface area contributed by atoms with E-state index in [1.807, 2.05) is 19.4 Å². The van der Waals surface area contributed by atoms with E-state index in [9.17, 15) is 8.78 Å². The molecule has 1 aliphatic rings. The molecule has 2 rings (SSSR count). The van der Waals surface area contributed by atoms with Gasteiger partial charge in [0.2, 0.25) is 5.92 Å². The van der Waals surface area contributed by atoms with Crippen LogP contribution in [0.25, 0.3) is 0 Å². The van der Waals surface area contributed by atoms with Crippen molar-refractivity contribution in [2.45, 2.75) is 57.4 Å². The van der Waals surface area contributed by atoms with Crippen LogP contribution in [0.5, 0.6) is 0 Å². The lowest BCUT2D eigenvalue weighted by molar-refractivity contribution is -0.0497. The first-order valence-electron chi connectivity index (χ1n) is 7.59. The van der Waals surface area contributed by atoms with Crippen molar-refractivity contribution in [3.05, 3.63) is 18.0 Å². The first kappa shape index (κ1) is 15.4. The Bertz CT molecular complexity index is 407. The van der Waals surface area contributed by atoms with E-state index in [0.717, 1.165) is 19.4 Å². The van der Waals surface area contributed by atoms with E-state index in [1.54, 1.807) is 4.68 Å². The third-order valence-corrected chi connectivity index (χ3v) is 4.30. The summed E-state index contributed by atoms with van der Waals surface area (Å²) in [5, 5.41) is 7.65. The number of nitrogens with one attached hydrogen (secondary N) is 1. The summed E-state index contributed by atoms with van der Waals surface area (Å²) in [5.41, 5.74) is 1.22. The van der Waals surface area contributed by atoms with Gasteiger partial charge in [-0.2, -0.15) is 5.10 Å². The highest BCUT2D eigenvalue weighted by atomic mass is 19.3. The Labute approximate surface area is 119 Å². The molecular formula is C15H25F2N3. The van der Waals surface area contributed by atoms with Crippen LogP contribution in [0.2, 0.25) is 0 Å². The van der Waals surface area contributed by atoms with Gasteiger partial charge in [0.05, 0.1) is 6.20 Å². The third-order valence-electron chi connectivity index (χ3n) is 4.30. The Morgan fingerprint density at radius 3 is 2.70 bits per heavy atom. The van der Waals surface area contributed by atoms with Crippen LogP contribution in [0.4, 0.5) is 8.78 Å². The molecule has 0 aromatic carbocycles. The number of hydrogen-bond donors (Lipinski definition) is 1. The molecule has 5 heteroatoms. The second-order valence-corrected chi connectivity index (χ2v) is 5.92. The average Bonchev–Trinajstić information content (AvgIpc) is 2.81. The highest BCUT2D eigenvalue weighted by molar-refractivity contribution is 5.04. The second-order valence-electron chi connectivity index (χ2n) is 5.92. The summed E-state index contributed by atoms with van der Waals surface area (Å²) in [6.45, 7) is 2.97. The van der Waals surface area contributed by atoms with Crippen molar-refractivity contribution in [2.75, 3.05) is 6.54 Å². The average molecular weight is 285 g/mol. The SMILES string of the molecule is CCNC(CCc1cnn(C)c1)C1CCC(F)(F)CC1. The van der Waals surface area contributed by atoms with Crippen molar-refractivity contribution in [1.82, 2.24) is 15.1 Å². The van der Waals surface area contributed by atoms with Gasteiger partial charge in [0.25, 0.3) is 0 Å². The maximum Gasteiger partial charge on any atom is 0.248 e. The number of aryl methyl sites for hydroxylation is 2. The molecule has 0 spiro atoms. The Balaban J connectivity index is 1.87. The number of nitrogens with zero attached hydrogens (tertiary/aromatic N) is 2. The van der Waals surface area contributed by atoms with E-state index in [1.165, 1.54) is 5.56 Å². The van der Waals surface area contributed by atoms with E-state index in [0.29, 0.717) is 24.8 Å². The zero-order valence-electron chi connectivity index (χ0n) is 12.4.